The third-order valence-electron chi connectivity index (χ3n) is 5.47. The molecule has 2 heterocycles. The van der Waals surface area contributed by atoms with Gasteiger partial charge in [-0.2, -0.15) is 0 Å². The van der Waals surface area contributed by atoms with E-state index in [9.17, 15) is 27.9 Å². The summed E-state index contributed by atoms with van der Waals surface area (Å²) in [5, 5.41) is 11.2. The lowest BCUT2D eigenvalue weighted by Crippen LogP contribution is -2.29. The lowest BCUT2D eigenvalue weighted by atomic mass is 9.98. The molecule has 1 aromatic heterocycles. The number of hydrogen-bond donors (Lipinski definition) is 1. The van der Waals surface area contributed by atoms with Crippen LogP contribution in [0.3, 0.4) is 0 Å². The summed E-state index contributed by atoms with van der Waals surface area (Å²) in [6.07, 6.45) is -3.41. The molecule has 1 amide bonds. The fourth-order valence-electron chi connectivity index (χ4n) is 3.85. The van der Waals surface area contributed by atoms with Gasteiger partial charge in [-0.1, -0.05) is 19.9 Å². The second kappa shape index (κ2) is 10.3. The second-order valence-corrected chi connectivity index (χ2v) is 8.69. The number of ketones is 1. The smallest absolute Gasteiger partial charge is 0.507 e. The van der Waals surface area contributed by atoms with Crippen molar-refractivity contribution in [2.45, 2.75) is 26.3 Å². The van der Waals surface area contributed by atoms with Crippen molar-refractivity contribution in [3.05, 3.63) is 89.8 Å². The van der Waals surface area contributed by atoms with E-state index in [2.05, 4.69) is 9.72 Å². The monoisotopic (exact) mass is 512 g/mol. The number of nitrogens with zero attached hydrogens (tertiary/aromatic N) is 2. The average molecular weight is 512 g/mol. The normalized spacial score (nSPS) is 17.4. The van der Waals surface area contributed by atoms with E-state index in [1.807, 2.05) is 13.8 Å². The van der Waals surface area contributed by atoms with Crippen molar-refractivity contribution in [1.82, 2.24) is 4.98 Å². The molecule has 0 spiro atoms. The van der Waals surface area contributed by atoms with Gasteiger partial charge in [0.2, 0.25) is 0 Å². The van der Waals surface area contributed by atoms with Gasteiger partial charge in [-0.05, 0) is 66.6 Å². The molecule has 7 nitrogen and oxygen atoms in total. The molecule has 3 aromatic rings. The van der Waals surface area contributed by atoms with Crippen LogP contribution < -0.4 is 14.4 Å². The van der Waals surface area contributed by atoms with Crippen LogP contribution >= 0.6 is 0 Å². The molecule has 1 atom stereocenters. The zero-order chi connectivity index (χ0) is 26.7. The Labute approximate surface area is 210 Å². The standard InChI is InChI=1S/C27H23F3N2O5/c1-16(2)15-36-19-10-6-17(7-11-19)24(33)22-23(21-5-3-4-14-31-21)32(26(35)25(22)34)18-8-12-20(13-9-18)37-27(28,29)30/h3-14,16,23,33H,15H2,1-2H3/b24-22-. The molecule has 0 saturated carbocycles. The molecule has 1 N–H and O–H groups in total. The topological polar surface area (TPSA) is 89.0 Å². The molecule has 0 aliphatic carbocycles. The number of carbonyl (C=O) groups is 2. The zero-order valence-electron chi connectivity index (χ0n) is 19.9. The molecule has 10 heteroatoms. The Hall–Kier alpha value is -4.34. The van der Waals surface area contributed by atoms with Crippen LogP contribution in [0.15, 0.2) is 78.5 Å². The van der Waals surface area contributed by atoms with Gasteiger partial charge < -0.3 is 14.6 Å². The first-order chi connectivity index (χ1) is 17.5. The number of alkyl halides is 3. The van der Waals surface area contributed by atoms with Gasteiger partial charge in [-0.3, -0.25) is 19.5 Å². The van der Waals surface area contributed by atoms with E-state index in [-0.39, 0.29) is 22.5 Å². The van der Waals surface area contributed by atoms with Crippen molar-refractivity contribution in [2.75, 3.05) is 11.5 Å². The van der Waals surface area contributed by atoms with Crippen molar-refractivity contribution in [2.24, 2.45) is 5.92 Å². The van der Waals surface area contributed by atoms with Gasteiger partial charge in [0, 0.05) is 17.4 Å². The maximum absolute atomic E-state index is 13.2. The Bertz CT molecular complexity index is 1300. The van der Waals surface area contributed by atoms with E-state index in [4.69, 9.17) is 4.74 Å². The first kappa shape index (κ1) is 25.7. The highest BCUT2D eigenvalue weighted by Gasteiger charge is 2.47. The number of hydrogen-bond acceptors (Lipinski definition) is 6. The number of benzene rings is 2. The molecule has 37 heavy (non-hydrogen) atoms. The first-order valence-corrected chi connectivity index (χ1v) is 11.4. The summed E-state index contributed by atoms with van der Waals surface area (Å²) < 4.78 is 47.2. The number of pyridine rings is 1. The van der Waals surface area contributed by atoms with Crippen molar-refractivity contribution in [3.63, 3.8) is 0 Å². The van der Waals surface area contributed by atoms with Gasteiger partial charge in [0.1, 0.15) is 23.3 Å². The molecule has 1 saturated heterocycles. The van der Waals surface area contributed by atoms with E-state index < -0.39 is 35.6 Å². The summed E-state index contributed by atoms with van der Waals surface area (Å²) in [5.74, 6) is -1.92. The Morgan fingerprint density at radius 2 is 1.65 bits per heavy atom. The van der Waals surface area contributed by atoms with Crippen LogP contribution in [0.2, 0.25) is 0 Å². The lowest BCUT2D eigenvalue weighted by Gasteiger charge is -2.24. The number of aromatic nitrogens is 1. The molecular weight excluding hydrogens is 489 g/mol. The van der Waals surface area contributed by atoms with Crippen LogP contribution in [-0.4, -0.2) is 34.8 Å². The molecule has 2 aromatic carbocycles. The number of rotatable bonds is 7. The minimum atomic E-state index is -4.88. The Kier molecular flexibility index (Phi) is 7.19. The molecule has 1 fully saturated rings. The van der Waals surface area contributed by atoms with Crippen molar-refractivity contribution in [1.29, 1.82) is 0 Å². The third-order valence-corrected chi connectivity index (χ3v) is 5.47. The second-order valence-electron chi connectivity index (χ2n) is 8.69. The minimum Gasteiger partial charge on any atom is -0.507 e. The average Bonchev–Trinajstić information content (AvgIpc) is 3.13. The van der Waals surface area contributed by atoms with E-state index in [1.165, 1.54) is 18.3 Å². The fourth-order valence-corrected chi connectivity index (χ4v) is 3.85. The summed E-state index contributed by atoms with van der Waals surface area (Å²) in [4.78, 5) is 31.6. The van der Waals surface area contributed by atoms with Crippen LogP contribution in [0.1, 0.15) is 31.1 Å². The summed E-state index contributed by atoms with van der Waals surface area (Å²) in [7, 11) is 0. The van der Waals surface area contributed by atoms with Crippen LogP contribution in [0.4, 0.5) is 18.9 Å². The van der Waals surface area contributed by atoms with Crippen molar-refractivity contribution < 1.29 is 37.3 Å². The Morgan fingerprint density at radius 3 is 2.22 bits per heavy atom. The van der Waals surface area contributed by atoms with E-state index in [0.717, 1.165) is 17.0 Å². The summed E-state index contributed by atoms with van der Waals surface area (Å²) >= 11 is 0. The number of carbonyl (C=O) groups excluding carboxylic acids is 2. The fraction of sp³-hybridized carbons (Fsp3) is 0.222. The summed E-state index contributed by atoms with van der Waals surface area (Å²) in [6.45, 7) is 4.52. The molecule has 4 rings (SSSR count). The first-order valence-electron chi connectivity index (χ1n) is 11.4. The van der Waals surface area contributed by atoms with E-state index in [1.54, 1.807) is 42.5 Å². The highest BCUT2D eigenvalue weighted by molar-refractivity contribution is 6.51. The van der Waals surface area contributed by atoms with Crippen molar-refractivity contribution >= 4 is 23.1 Å². The predicted octanol–water partition coefficient (Wildman–Crippen LogP) is 5.64. The Balaban J connectivity index is 1.75. The van der Waals surface area contributed by atoms with Crippen LogP contribution in [-0.2, 0) is 9.59 Å². The zero-order valence-corrected chi connectivity index (χ0v) is 19.9. The molecule has 0 bridgehead atoms. The highest BCUT2D eigenvalue weighted by atomic mass is 19.4. The highest BCUT2D eigenvalue weighted by Crippen LogP contribution is 2.42. The Morgan fingerprint density at radius 1 is 1.00 bits per heavy atom. The van der Waals surface area contributed by atoms with Gasteiger partial charge in [-0.15, -0.1) is 13.2 Å². The number of aliphatic hydroxyl groups is 1. The number of anilines is 1. The van der Waals surface area contributed by atoms with Crippen molar-refractivity contribution in [3.8, 4) is 11.5 Å². The quantitative estimate of drug-likeness (QED) is 0.250. The van der Waals surface area contributed by atoms with E-state index >= 15 is 0 Å². The largest absolute Gasteiger partial charge is 0.573 e. The summed E-state index contributed by atoms with van der Waals surface area (Å²) in [6, 6.07) is 14.7. The number of halogens is 3. The predicted molar refractivity (Wildman–Crippen MR) is 129 cm³/mol. The lowest BCUT2D eigenvalue weighted by molar-refractivity contribution is -0.274. The van der Waals surface area contributed by atoms with Gasteiger partial charge in [0.25, 0.3) is 11.7 Å². The summed E-state index contributed by atoms with van der Waals surface area (Å²) in [5.41, 5.74) is 0.499. The SMILES string of the molecule is CC(C)COc1ccc(/C(O)=C2/C(=O)C(=O)N(c3ccc(OC(F)(F)F)cc3)C2c2ccccn2)cc1. The van der Waals surface area contributed by atoms with E-state index in [0.29, 0.717) is 18.3 Å². The molecule has 1 aliphatic heterocycles. The maximum Gasteiger partial charge on any atom is 0.573 e. The number of amides is 1. The molecular formula is C27H23F3N2O5. The number of aliphatic hydroxyl groups excluding tert-OH is 1. The van der Waals surface area contributed by atoms with Gasteiger partial charge in [-0.25, -0.2) is 0 Å². The number of Topliss-reactive ketones (excluding diaryl/α,β-unsaturated/α-hetero) is 1. The maximum atomic E-state index is 13.2. The van der Waals surface area contributed by atoms with Crippen LogP contribution in [0.5, 0.6) is 11.5 Å². The number of ether oxygens (including phenoxy) is 2. The van der Waals surface area contributed by atoms with Gasteiger partial charge in [0.15, 0.2) is 0 Å². The van der Waals surface area contributed by atoms with Crippen LogP contribution in [0.25, 0.3) is 5.76 Å². The minimum absolute atomic E-state index is 0.128. The van der Waals surface area contributed by atoms with Crippen LogP contribution in [0, 0.1) is 5.92 Å². The molecule has 192 valence electrons. The molecule has 1 aliphatic rings. The van der Waals surface area contributed by atoms with Gasteiger partial charge >= 0.3 is 6.36 Å². The third kappa shape index (κ3) is 5.74. The van der Waals surface area contributed by atoms with Gasteiger partial charge in [0.05, 0.1) is 17.9 Å². The molecule has 0 radical (unpaired) electrons. The molecule has 1 unspecified atom stereocenters.